The molecule has 0 aromatic heterocycles. The van der Waals surface area contributed by atoms with Gasteiger partial charge in [0.25, 0.3) is 0 Å². The number of hydrogen-bond acceptors (Lipinski definition) is 2. The first-order valence-electron chi connectivity index (χ1n) is 4.25. The van der Waals surface area contributed by atoms with Crippen LogP contribution in [-0.4, -0.2) is 25.8 Å². The molecule has 1 aromatic carbocycles. The Hall–Kier alpha value is -0.280. The molecule has 2 nitrogen and oxygen atoms in total. The van der Waals surface area contributed by atoms with Crippen LogP contribution in [0.5, 0.6) is 0 Å². The van der Waals surface area contributed by atoms with E-state index >= 15 is 0 Å². The fourth-order valence-corrected chi connectivity index (χ4v) is 1.67. The number of nitrogens with zero attached hydrogens (tertiary/aromatic N) is 1. The Morgan fingerprint density at radius 1 is 1.36 bits per heavy atom. The molecule has 4 heteroatoms. The van der Waals surface area contributed by atoms with Gasteiger partial charge in [0.15, 0.2) is 0 Å². The molecule has 0 saturated heterocycles. The summed E-state index contributed by atoms with van der Waals surface area (Å²) in [5.41, 5.74) is 1.05. The SMILES string of the molecule is COCN(C)Cc1ccc(Cl)cc1Cl. The van der Waals surface area contributed by atoms with Crippen molar-refractivity contribution in [2.24, 2.45) is 0 Å². The van der Waals surface area contributed by atoms with Crippen LogP contribution in [0.15, 0.2) is 18.2 Å². The third-order valence-corrected chi connectivity index (χ3v) is 2.39. The summed E-state index contributed by atoms with van der Waals surface area (Å²) in [6, 6.07) is 5.51. The zero-order chi connectivity index (χ0) is 10.6. The quantitative estimate of drug-likeness (QED) is 0.742. The minimum atomic E-state index is 0.582. The fourth-order valence-electron chi connectivity index (χ4n) is 1.21. The molecule has 1 rings (SSSR count). The fraction of sp³-hybridized carbons (Fsp3) is 0.400. The summed E-state index contributed by atoms with van der Waals surface area (Å²) in [4.78, 5) is 2.02. The van der Waals surface area contributed by atoms with E-state index in [1.807, 2.05) is 24.1 Å². The van der Waals surface area contributed by atoms with Crippen LogP contribution in [-0.2, 0) is 11.3 Å². The Morgan fingerprint density at radius 2 is 2.07 bits per heavy atom. The second-order valence-electron chi connectivity index (χ2n) is 3.17. The van der Waals surface area contributed by atoms with Gasteiger partial charge in [-0.15, -0.1) is 0 Å². The Kier molecular flexibility index (Phi) is 4.69. The third-order valence-electron chi connectivity index (χ3n) is 1.80. The van der Waals surface area contributed by atoms with Crippen molar-refractivity contribution in [1.29, 1.82) is 0 Å². The zero-order valence-corrected chi connectivity index (χ0v) is 9.77. The molecule has 0 aliphatic carbocycles. The van der Waals surface area contributed by atoms with Crippen LogP contribution < -0.4 is 0 Å². The first-order chi connectivity index (χ1) is 6.63. The molecule has 0 aliphatic rings. The lowest BCUT2D eigenvalue weighted by Gasteiger charge is -2.16. The molecule has 0 unspecified atom stereocenters. The Bertz CT molecular complexity index is 304. The van der Waals surface area contributed by atoms with Gasteiger partial charge >= 0.3 is 0 Å². The summed E-state index contributed by atoms with van der Waals surface area (Å²) in [6.07, 6.45) is 0. The lowest BCUT2D eigenvalue weighted by atomic mass is 10.2. The molecule has 0 N–H and O–H groups in total. The average molecular weight is 234 g/mol. The van der Waals surface area contributed by atoms with Gasteiger partial charge in [0.1, 0.15) is 0 Å². The standard InChI is InChI=1S/C10H13Cl2NO/c1-13(7-14-2)6-8-3-4-9(11)5-10(8)12/h3-5H,6-7H2,1-2H3. The smallest absolute Gasteiger partial charge is 0.0986 e. The van der Waals surface area contributed by atoms with E-state index in [9.17, 15) is 0 Å². The van der Waals surface area contributed by atoms with Crippen LogP contribution in [0.1, 0.15) is 5.56 Å². The Morgan fingerprint density at radius 3 is 2.64 bits per heavy atom. The van der Waals surface area contributed by atoms with E-state index in [-0.39, 0.29) is 0 Å². The predicted molar refractivity (Wildman–Crippen MR) is 59.8 cm³/mol. The van der Waals surface area contributed by atoms with Gasteiger partial charge in [-0.3, -0.25) is 4.90 Å². The van der Waals surface area contributed by atoms with Gasteiger partial charge in [-0.1, -0.05) is 29.3 Å². The molecule has 0 bridgehead atoms. The number of ether oxygens (including phenoxy) is 1. The van der Waals surface area contributed by atoms with Gasteiger partial charge in [-0.2, -0.15) is 0 Å². The molecule has 0 saturated carbocycles. The highest BCUT2D eigenvalue weighted by Crippen LogP contribution is 2.21. The molecule has 0 atom stereocenters. The molecule has 0 aliphatic heterocycles. The van der Waals surface area contributed by atoms with Crippen LogP contribution >= 0.6 is 23.2 Å². The van der Waals surface area contributed by atoms with E-state index in [0.717, 1.165) is 12.1 Å². The van der Waals surface area contributed by atoms with Gasteiger partial charge in [-0.25, -0.2) is 0 Å². The van der Waals surface area contributed by atoms with Gasteiger partial charge in [0.2, 0.25) is 0 Å². The van der Waals surface area contributed by atoms with E-state index < -0.39 is 0 Å². The molecule has 0 amide bonds. The van der Waals surface area contributed by atoms with E-state index in [1.165, 1.54) is 0 Å². The maximum Gasteiger partial charge on any atom is 0.0986 e. The summed E-state index contributed by atoms with van der Waals surface area (Å²) < 4.78 is 5.00. The van der Waals surface area contributed by atoms with E-state index in [2.05, 4.69) is 0 Å². The van der Waals surface area contributed by atoms with Crippen LogP contribution in [0.4, 0.5) is 0 Å². The van der Waals surface area contributed by atoms with Crippen molar-refractivity contribution in [3.8, 4) is 0 Å². The van der Waals surface area contributed by atoms with Crippen LogP contribution in [0.25, 0.3) is 0 Å². The molecule has 78 valence electrons. The van der Waals surface area contributed by atoms with Crippen LogP contribution in [0.3, 0.4) is 0 Å². The molecule has 0 radical (unpaired) electrons. The number of methoxy groups -OCH3 is 1. The summed E-state index contributed by atoms with van der Waals surface area (Å²) in [5, 5.41) is 1.36. The predicted octanol–water partition coefficient (Wildman–Crippen LogP) is 3.03. The minimum absolute atomic E-state index is 0.582. The highest BCUT2D eigenvalue weighted by atomic mass is 35.5. The monoisotopic (exact) mass is 233 g/mol. The maximum absolute atomic E-state index is 6.02. The van der Waals surface area contributed by atoms with E-state index in [4.69, 9.17) is 27.9 Å². The number of rotatable bonds is 4. The van der Waals surface area contributed by atoms with Crippen molar-refractivity contribution in [1.82, 2.24) is 4.90 Å². The maximum atomic E-state index is 6.02. The van der Waals surface area contributed by atoms with Crippen LogP contribution in [0.2, 0.25) is 10.0 Å². The summed E-state index contributed by atoms with van der Waals surface area (Å²) in [5.74, 6) is 0. The van der Waals surface area contributed by atoms with E-state index in [0.29, 0.717) is 16.8 Å². The van der Waals surface area contributed by atoms with Crippen molar-refractivity contribution in [2.75, 3.05) is 20.9 Å². The largest absolute Gasteiger partial charge is 0.369 e. The van der Waals surface area contributed by atoms with Crippen molar-refractivity contribution in [3.63, 3.8) is 0 Å². The number of benzene rings is 1. The molecule has 0 heterocycles. The van der Waals surface area contributed by atoms with Crippen molar-refractivity contribution in [2.45, 2.75) is 6.54 Å². The van der Waals surface area contributed by atoms with Gasteiger partial charge < -0.3 is 4.74 Å². The van der Waals surface area contributed by atoms with Crippen molar-refractivity contribution >= 4 is 23.2 Å². The Labute approximate surface area is 94.4 Å². The topological polar surface area (TPSA) is 12.5 Å². The van der Waals surface area contributed by atoms with Crippen molar-refractivity contribution < 1.29 is 4.74 Å². The number of hydrogen-bond donors (Lipinski definition) is 0. The normalized spacial score (nSPS) is 10.9. The number of halogens is 2. The minimum Gasteiger partial charge on any atom is -0.369 e. The van der Waals surface area contributed by atoms with Gasteiger partial charge in [0.05, 0.1) is 6.73 Å². The van der Waals surface area contributed by atoms with Crippen molar-refractivity contribution in [3.05, 3.63) is 33.8 Å². The first-order valence-corrected chi connectivity index (χ1v) is 5.00. The van der Waals surface area contributed by atoms with Crippen LogP contribution in [0, 0.1) is 0 Å². The molecule has 14 heavy (non-hydrogen) atoms. The molecule has 0 fully saturated rings. The van der Waals surface area contributed by atoms with E-state index in [1.54, 1.807) is 13.2 Å². The molecule has 0 spiro atoms. The molecule has 1 aromatic rings. The summed E-state index contributed by atoms with van der Waals surface area (Å²) >= 11 is 11.8. The lowest BCUT2D eigenvalue weighted by Crippen LogP contribution is -2.20. The first kappa shape index (κ1) is 11.8. The zero-order valence-electron chi connectivity index (χ0n) is 8.26. The Balaban J connectivity index is 2.67. The third kappa shape index (κ3) is 3.46. The highest BCUT2D eigenvalue weighted by molar-refractivity contribution is 6.35. The van der Waals surface area contributed by atoms with Gasteiger partial charge in [0, 0.05) is 23.7 Å². The highest BCUT2D eigenvalue weighted by Gasteiger charge is 2.04. The van der Waals surface area contributed by atoms with Gasteiger partial charge in [-0.05, 0) is 24.7 Å². The molecular formula is C10H13Cl2NO. The summed E-state index contributed by atoms with van der Waals surface area (Å²) in [6.45, 7) is 1.34. The second kappa shape index (κ2) is 5.56. The lowest BCUT2D eigenvalue weighted by molar-refractivity contribution is 0.0772. The molecular weight excluding hydrogens is 221 g/mol. The average Bonchev–Trinajstić information content (AvgIpc) is 2.10. The second-order valence-corrected chi connectivity index (χ2v) is 4.01. The summed E-state index contributed by atoms with van der Waals surface area (Å²) in [7, 11) is 3.63.